The third kappa shape index (κ3) is 4.49. The Hall–Kier alpha value is -3.63. The number of thiazole rings is 1. The zero-order valence-corrected chi connectivity index (χ0v) is 21.2. The summed E-state index contributed by atoms with van der Waals surface area (Å²) in [7, 11) is 1.59. The summed E-state index contributed by atoms with van der Waals surface area (Å²) in [4.78, 5) is 33.9. The number of methoxy groups -OCH3 is 1. The SMILES string of the molecule is CCOC(=O)C1=C(C)N=c2s/c(=C/c3ccc(N4CCOCC4)o3)c(=O)n2[C@H]1c1ccc(OC)cc1. The summed E-state index contributed by atoms with van der Waals surface area (Å²) in [5.74, 6) is 1.51. The summed E-state index contributed by atoms with van der Waals surface area (Å²) in [5, 5.41) is 0. The Balaban J connectivity index is 1.60. The minimum atomic E-state index is -0.672. The monoisotopic (exact) mass is 509 g/mol. The number of hydrogen-bond donors (Lipinski definition) is 0. The van der Waals surface area contributed by atoms with E-state index >= 15 is 0 Å². The predicted molar refractivity (Wildman–Crippen MR) is 135 cm³/mol. The predicted octanol–water partition coefficient (Wildman–Crippen LogP) is 2.24. The Labute approximate surface area is 211 Å². The number of aromatic nitrogens is 1. The van der Waals surface area contributed by atoms with Crippen LogP contribution in [0.1, 0.15) is 31.2 Å². The summed E-state index contributed by atoms with van der Waals surface area (Å²) in [6.45, 7) is 6.56. The molecule has 0 amide bonds. The van der Waals surface area contributed by atoms with Crippen LogP contribution in [0, 0.1) is 0 Å². The highest BCUT2D eigenvalue weighted by Crippen LogP contribution is 2.31. The van der Waals surface area contributed by atoms with Gasteiger partial charge in [0.2, 0.25) is 0 Å². The molecule has 1 fully saturated rings. The van der Waals surface area contributed by atoms with Gasteiger partial charge in [-0.2, -0.15) is 0 Å². The Bertz CT molecular complexity index is 1470. The molecule has 0 saturated carbocycles. The Morgan fingerprint density at radius 2 is 1.94 bits per heavy atom. The molecule has 0 aliphatic carbocycles. The molecule has 2 aliphatic heterocycles. The second-order valence-electron chi connectivity index (χ2n) is 8.35. The molecule has 1 saturated heterocycles. The second-order valence-corrected chi connectivity index (χ2v) is 9.36. The molecule has 5 rings (SSSR count). The number of rotatable bonds is 6. The lowest BCUT2D eigenvalue weighted by Gasteiger charge is -2.26. The number of hydrogen-bond acceptors (Lipinski definition) is 9. The van der Waals surface area contributed by atoms with Crippen LogP contribution in [0.25, 0.3) is 6.08 Å². The maximum atomic E-state index is 13.7. The van der Waals surface area contributed by atoms with Gasteiger partial charge in [-0.25, -0.2) is 9.79 Å². The first-order valence-electron chi connectivity index (χ1n) is 11.8. The Kier molecular flexibility index (Phi) is 6.80. The zero-order valence-electron chi connectivity index (χ0n) is 20.4. The molecule has 0 unspecified atom stereocenters. The summed E-state index contributed by atoms with van der Waals surface area (Å²) in [6, 6.07) is 10.4. The number of morpholine rings is 1. The molecule has 4 heterocycles. The molecule has 0 spiro atoms. The maximum absolute atomic E-state index is 13.7. The number of anilines is 1. The van der Waals surface area contributed by atoms with Crippen molar-refractivity contribution in [1.82, 2.24) is 4.57 Å². The minimum absolute atomic E-state index is 0.222. The number of allylic oxidation sites excluding steroid dienone is 1. The van der Waals surface area contributed by atoms with Crippen LogP contribution in [0.3, 0.4) is 0 Å². The van der Waals surface area contributed by atoms with Gasteiger partial charge in [-0.1, -0.05) is 23.5 Å². The van der Waals surface area contributed by atoms with Gasteiger partial charge >= 0.3 is 5.97 Å². The summed E-state index contributed by atoms with van der Waals surface area (Å²) in [5.41, 5.74) is 1.37. The Morgan fingerprint density at radius 1 is 1.19 bits per heavy atom. The van der Waals surface area contributed by atoms with Crippen LogP contribution in [0.4, 0.5) is 5.88 Å². The van der Waals surface area contributed by atoms with Gasteiger partial charge in [-0.3, -0.25) is 9.36 Å². The molecule has 9 nitrogen and oxygen atoms in total. The molecule has 0 N–H and O–H groups in total. The Morgan fingerprint density at radius 3 is 2.64 bits per heavy atom. The average molecular weight is 510 g/mol. The topological polar surface area (TPSA) is 95.5 Å². The second kappa shape index (κ2) is 10.2. The van der Waals surface area contributed by atoms with E-state index in [4.69, 9.17) is 18.6 Å². The maximum Gasteiger partial charge on any atom is 0.338 e. The fourth-order valence-corrected chi connectivity index (χ4v) is 5.42. The number of benzene rings is 1. The van der Waals surface area contributed by atoms with E-state index in [9.17, 15) is 9.59 Å². The van der Waals surface area contributed by atoms with E-state index < -0.39 is 12.0 Å². The van der Waals surface area contributed by atoms with Gasteiger partial charge in [0, 0.05) is 25.2 Å². The van der Waals surface area contributed by atoms with E-state index in [-0.39, 0.29) is 12.2 Å². The molecule has 1 aromatic carbocycles. The molecule has 0 radical (unpaired) electrons. The standard InChI is InChI=1S/C26H27N3O6S/c1-4-34-25(31)22-16(2)27-26-29(23(22)17-5-7-18(32-3)8-6-17)24(30)20(36-26)15-19-9-10-21(35-19)28-11-13-33-14-12-28/h5-10,15,23H,4,11-14H2,1-3H3/b20-15+/t23-/m0/s1. The third-order valence-corrected chi connectivity index (χ3v) is 7.14. The fraction of sp³-hybridized carbons (Fsp3) is 0.346. The highest BCUT2D eigenvalue weighted by atomic mass is 32.1. The number of esters is 1. The normalized spacial score (nSPS) is 18.1. The van der Waals surface area contributed by atoms with Crippen molar-refractivity contribution >= 4 is 29.3 Å². The minimum Gasteiger partial charge on any atom is -0.497 e. The molecule has 36 heavy (non-hydrogen) atoms. The highest BCUT2D eigenvalue weighted by Gasteiger charge is 2.33. The molecule has 2 aromatic heterocycles. The van der Waals surface area contributed by atoms with Gasteiger partial charge < -0.3 is 23.5 Å². The van der Waals surface area contributed by atoms with E-state index in [1.54, 1.807) is 43.7 Å². The number of carbonyl (C=O) groups excluding carboxylic acids is 1. The van der Waals surface area contributed by atoms with Crippen molar-refractivity contribution < 1.29 is 23.4 Å². The lowest BCUT2D eigenvalue weighted by Crippen LogP contribution is -2.39. The molecule has 188 valence electrons. The van der Waals surface area contributed by atoms with Crippen molar-refractivity contribution in [3.8, 4) is 5.75 Å². The highest BCUT2D eigenvalue weighted by molar-refractivity contribution is 7.07. The number of nitrogens with zero attached hydrogens (tertiary/aromatic N) is 3. The number of carbonyl (C=O) groups is 1. The van der Waals surface area contributed by atoms with E-state index in [1.807, 2.05) is 24.3 Å². The van der Waals surface area contributed by atoms with Gasteiger partial charge in [0.1, 0.15) is 11.5 Å². The van der Waals surface area contributed by atoms with E-state index in [1.165, 1.54) is 11.3 Å². The first kappa shape index (κ1) is 24.1. The average Bonchev–Trinajstić information content (AvgIpc) is 3.48. The van der Waals surface area contributed by atoms with Gasteiger partial charge in [-0.05, 0) is 37.6 Å². The lowest BCUT2D eigenvalue weighted by molar-refractivity contribution is -0.139. The number of fused-ring (bicyclic) bond motifs is 1. The van der Waals surface area contributed by atoms with Crippen molar-refractivity contribution in [2.24, 2.45) is 4.99 Å². The van der Waals surface area contributed by atoms with Crippen LogP contribution in [0.2, 0.25) is 0 Å². The summed E-state index contributed by atoms with van der Waals surface area (Å²) in [6.07, 6.45) is 1.72. The molecule has 0 bridgehead atoms. The van der Waals surface area contributed by atoms with Crippen LogP contribution in [-0.2, 0) is 14.3 Å². The van der Waals surface area contributed by atoms with Crippen LogP contribution in [0.15, 0.2) is 61.9 Å². The van der Waals surface area contributed by atoms with Crippen LogP contribution in [0.5, 0.6) is 5.75 Å². The molecular weight excluding hydrogens is 482 g/mol. The molecule has 1 atom stereocenters. The quantitative estimate of drug-likeness (QED) is 0.471. The van der Waals surface area contributed by atoms with Crippen LogP contribution >= 0.6 is 11.3 Å². The first-order chi connectivity index (χ1) is 17.5. The summed E-state index contributed by atoms with van der Waals surface area (Å²) >= 11 is 1.26. The molecule has 2 aliphatic rings. The fourth-order valence-electron chi connectivity index (χ4n) is 4.40. The van der Waals surface area contributed by atoms with Crippen LogP contribution < -0.4 is 24.5 Å². The third-order valence-electron chi connectivity index (χ3n) is 6.16. The van der Waals surface area contributed by atoms with E-state index in [0.29, 0.717) is 45.3 Å². The van der Waals surface area contributed by atoms with Gasteiger partial charge in [0.15, 0.2) is 10.7 Å². The van der Waals surface area contributed by atoms with Crippen molar-refractivity contribution in [1.29, 1.82) is 0 Å². The van der Waals surface area contributed by atoms with E-state index in [2.05, 4.69) is 9.89 Å². The largest absolute Gasteiger partial charge is 0.497 e. The van der Waals surface area contributed by atoms with Crippen LogP contribution in [-0.4, -0.2) is 50.6 Å². The lowest BCUT2D eigenvalue weighted by atomic mass is 9.96. The smallest absolute Gasteiger partial charge is 0.338 e. The van der Waals surface area contributed by atoms with E-state index in [0.717, 1.165) is 24.5 Å². The number of furan rings is 1. The molecule has 10 heteroatoms. The van der Waals surface area contributed by atoms with Crippen molar-refractivity contribution in [2.75, 3.05) is 44.9 Å². The molecular formula is C26H27N3O6S. The first-order valence-corrected chi connectivity index (χ1v) is 12.6. The van der Waals surface area contributed by atoms with Gasteiger partial charge in [0.25, 0.3) is 5.56 Å². The van der Waals surface area contributed by atoms with Crippen molar-refractivity contribution in [3.63, 3.8) is 0 Å². The zero-order chi connectivity index (χ0) is 25.2. The number of ether oxygens (including phenoxy) is 3. The van der Waals surface area contributed by atoms with Crippen molar-refractivity contribution in [3.05, 3.63) is 78.7 Å². The molecule has 3 aromatic rings. The summed E-state index contributed by atoms with van der Waals surface area (Å²) < 4.78 is 24.1. The van der Waals surface area contributed by atoms with Crippen molar-refractivity contribution in [2.45, 2.75) is 19.9 Å². The van der Waals surface area contributed by atoms with Gasteiger partial charge in [-0.15, -0.1) is 0 Å². The van der Waals surface area contributed by atoms with Gasteiger partial charge in [0.05, 0.1) is 48.8 Å².